The maximum atomic E-state index is 14.1. The quantitative estimate of drug-likeness (QED) is 0.149. The van der Waals surface area contributed by atoms with Crippen molar-refractivity contribution in [2.75, 3.05) is 13.2 Å². The molecule has 45 heavy (non-hydrogen) atoms. The van der Waals surface area contributed by atoms with E-state index in [1.54, 1.807) is 30.3 Å². The average Bonchev–Trinajstić information content (AvgIpc) is 3.03. The number of ether oxygens (including phenoxy) is 3. The zero-order valence-electron chi connectivity index (χ0n) is 25.0. The van der Waals surface area contributed by atoms with Crippen LogP contribution in [0.2, 0.25) is 0 Å². The van der Waals surface area contributed by atoms with E-state index in [0.29, 0.717) is 9.79 Å². The van der Waals surface area contributed by atoms with Gasteiger partial charge in [-0.1, -0.05) is 45.0 Å². The smallest absolute Gasteiger partial charge is 0.405 e. The molecule has 0 aliphatic carbocycles. The lowest BCUT2D eigenvalue weighted by Crippen LogP contribution is -2.45. The first kappa shape index (κ1) is 35.1. The van der Waals surface area contributed by atoms with E-state index in [0.717, 1.165) is 17.4 Å². The average molecular weight is 680 g/mol. The van der Waals surface area contributed by atoms with Gasteiger partial charge >= 0.3 is 27.2 Å². The molecule has 1 aliphatic heterocycles. The summed E-state index contributed by atoms with van der Waals surface area (Å²) >= 11 is 0. The van der Waals surface area contributed by atoms with Crippen LogP contribution >= 0.6 is 0 Å². The maximum absolute atomic E-state index is 14.1. The Labute approximate surface area is 260 Å². The summed E-state index contributed by atoms with van der Waals surface area (Å²) in [7, 11) is -6.64. The first-order valence-electron chi connectivity index (χ1n) is 13.7. The predicted octanol–water partition coefficient (Wildman–Crippen LogP) is 7.82. The molecule has 1 aliphatic rings. The number of hydrogen-bond donors (Lipinski definition) is 1. The van der Waals surface area contributed by atoms with Crippen LogP contribution in [-0.2, 0) is 41.7 Å². The van der Waals surface area contributed by atoms with Crippen LogP contribution in [0.1, 0.15) is 45.7 Å². The predicted molar refractivity (Wildman–Crippen MR) is 156 cm³/mol. The zero-order valence-corrected chi connectivity index (χ0v) is 26.6. The van der Waals surface area contributed by atoms with Gasteiger partial charge in [-0.2, -0.15) is 34.8 Å². The van der Waals surface area contributed by atoms with Gasteiger partial charge in [-0.05, 0) is 67.3 Å². The van der Waals surface area contributed by atoms with Crippen molar-refractivity contribution in [3.8, 4) is 5.75 Å². The summed E-state index contributed by atoms with van der Waals surface area (Å²) in [6.45, 7) is 5.13. The lowest BCUT2D eigenvalue weighted by Gasteiger charge is -2.28. The molecule has 0 aromatic heterocycles. The molecule has 246 valence electrons. The number of benzene rings is 3. The van der Waals surface area contributed by atoms with E-state index >= 15 is 0 Å². The standard InChI is InChI=1S/C31H32F6O6S2/c1-20(31(36,37)45(38,39)40)43-23-11-15-25(16-12-23)44(24-13-9-21(10-14-24)27(2,3)4)26-8-6-7-22(17-26)28(5)41-18-29(32,33)30(34,35)19-42-28/h6-17,20H,18-19H2,1-5H3/p+1. The molecule has 0 radical (unpaired) electrons. The van der Waals surface area contributed by atoms with Gasteiger partial charge in [-0.15, -0.1) is 0 Å². The van der Waals surface area contributed by atoms with E-state index in [1.165, 1.54) is 25.1 Å². The van der Waals surface area contributed by atoms with Crippen molar-refractivity contribution in [1.29, 1.82) is 0 Å². The molecule has 0 amide bonds. The van der Waals surface area contributed by atoms with Crippen molar-refractivity contribution in [3.63, 3.8) is 0 Å². The molecule has 2 unspecified atom stereocenters. The van der Waals surface area contributed by atoms with Crippen LogP contribution in [-0.4, -0.2) is 49.4 Å². The Kier molecular flexibility index (Phi) is 9.44. The second-order valence-corrected chi connectivity index (χ2v) is 15.3. The third-order valence-corrected chi connectivity index (χ3v) is 10.6. The van der Waals surface area contributed by atoms with Crippen LogP contribution < -0.4 is 4.74 Å². The molecule has 2 atom stereocenters. The molecule has 0 saturated carbocycles. The second-order valence-electron chi connectivity index (χ2n) is 11.8. The highest BCUT2D eigenvalue weighted by atomic mass is 32.2. The van der Waals surface area contributed by atoms with Gasteiger partial charge in [0.25, 0.3) is 0 Å². The summed E-state index contributed by atoms with van der Waals surface area (Å²) in [6.07, 6.45) is -2.21. The van der Waals surface area contributed by atoms with Gasteiger partial charge in [0.05, 0.1) is 10.9 Å². The Morgan fingerprint density at radius 1 is 0.844 bits per heavy atom. The van der Waals surface area contributed by atoms with E-state index < -0.39 is 63.2 Å². The maximum Gasteiger partial charge on any atom is 0.405 e. The van der Waals surface area contributed by atoms with E-state index in [9.17, 15) is 34.8 Å². The van der Waals surface area contributed by atoms with Gasteiger partial charge in [0.15, 0.2) is 26.6 Å². The van der Waals surface area contributed by atoms with E-state index in [-0.39, 0.29) is 16.7 Å². The second kappa shape index (κ2) is 12.1. The largest absolute Gasteiger partial charge is 0.483 e. The van der Waals surface area contributed by atoms with Crippen LogP contribution in [0.3, 0.4) is 0 Å². The Morgan fingerprint density at radius 3 is 1.80 bits per heavy atom. The molecule has 14 heteroatoms. The lowest BCUT2D eigenvalue weighted by molar-refractivity contribution is -0.233. The van der Waals surface area contributed by atoms with E-state index in [1.807, 2.05) is 24.3 Å². The van der Waals surface area contributed by atoms with Gasteiger partial charge in [0, 0.05) is 11.6 Å². The van der Waals surface area contributed by atoms with E-state index in [2.05, 4.69) is 20.8 Å². The van der Waals surface area contributed by atoms with Crippen molar-refractivity contribution in [2.45, 2.75) is 83.7 Å². The molecule has 3 aromatic carbocycles. The van der Waals surface area contributed by atoms with Gasteiger partial charge in [-0.25, -0.2) is 0 Å². The SMILES string of the molecule is CC(Oc1ccc([S+](c2ccc(C(C)(C)C)cc2)c2cccc(C3(C)OCC(F)(F)C(F)(F)CO3)c2)cc1)C(F)(F)S(=O)(=O)O. The fourth-order valence-corrected chi connectivity index (χ4v) is 6.98. The number of hydrogen-bond acceptors (Lipinski definition) is 5. The highest BCUT2D eigenvalue weighted by Gasteiger charge is 2.60. The molecule has 3 aromatic rings. The summed E-state index contributed by atoms with van der Waals surface area (Å²) in [4.78, 5) is 2.10. The number of rotatable bonds is 8. The summed E-state index contributed by atoms with van der Waals surface area (Å²) in [5, 5.41) is -4.56. The fraction of sp³-hybridized carbons (Fsp3) is 0.419. The summed E-state index contributed by atoms with van der Waals surface area (Å²) in [5.41, 5.74) is 1.12. The van der Waals surface area contributed by atoms with Crippen LogP contribution in [0.15, 0.2) is 87.5 Å². The number of alkyl halides is 6. The molecule has 1 heterocycles. The normalized spacial score (nSPS) is 19.7. The van der Waals surface area contributed by atoms with Crippen LogP contribution in [0.5, 0.6) is 5.75 Å². The molecule has 1 fully saturated rings. The minimum Gasteiger partial charge on any atom is -0.483 e. The van der Waals surface area contributed by atoms with Gasteiger partial charge in [0.2, 0.25) is 0 Å². The zero-order chi connectivity index (χ0) is 33.6. The Bertz CT molecular complexity index is 1590. The van der Waals surface area contributed by atoms with E-state index in [4.69, 9.17) is 18.8 Å². The molecule has 0 bridgehead atoms. The fourth-order valence-electron chi connectivity index (χ4n) is 4.42. The summed E-state index contributed by atoms with van der Waals surface area (Å²) in [6, 6.07) is 20.1. The molecule has 1 saturated heterocycles. The first-order valence-corrected chi connectivity index (χ1v) is 16.3. The van der Waals surface area contributed by atoms with Crippen LogP contribution in [0, 0.1) is 0 Å². The van der Waals surface area contributed by atoms with Gasteiger partial charge in [-0.3, -0.25) is 4.55 Å². The molecule has 6 nitrogen and oxygen atoms in total. The molecule has 1 N–H and O–H groups in total. The topological polar surface area (TPSA) is 82.1 Å². The van der Waals surface area contributed by atoms with Crippen molar-refractivity contribution in [2.24, 2.45) is 0 Å². The first-order chi connectivity index (χ1) is 20.6. The molecular weight excluding hydrogens is 646 g/mol. The van der Waals surface area contributed by atoms with Crippen molar-refractivity contribution < 1.29 is 53.5 Å². The van der Waals surface area contributed by atoms with Crippen LogP contribution in [0.4, 0.5) is 26.3 Å². The monoisotopic (exact) mass is 679 g/mol. The highest BCUT2D eigenvalue weighted by Crippen LogP contribution is 2.43. The van der Waals surface area contributed by atoms with Crippen LogP contribution in [0.25, 0.3) is 0 Å². The summed E-state index contributed by atoms with van der Waals surface area (Å²) in [5.74, 6) is -10.9. The van der Waals surface area contributed by atoms with Gasteiger partial charge < -0.3 is 14.2 Å². The molecular formula is C31H33F6O6S2+. The van der Waals surface area contributed by atoms with Crippen molar-refractivity contribution in [3.05, 3.63) is 83.9 Å². The third-order valence-electron chi connectivity index (χ3n) is 7.33. The lowest BCUT2D eigenvalue weighted by atomic mass is 9.87. The molecule has 0 spiro atoms. The van der Waals surface area contributed by atoms with Gasteiger partial charge in [0.1, 0.15) is 19.0 Å². The highest BCUT2D eigenvalue weighted by molar-refractivity contribution is 7.97. The third kappa shape index (κ3) is 7.30. The Morgan fingerprint density at radius 2 is 1.33 bits per heavy atom. The Hall–Kier alpha value is -2.78. The summed E-state index contributed by atoms with van der Waals surface area (Å²) < 4.78 is 131. The minimum absolute atomic E-state index is 0.0930. The molecule has 4 rings (SSSR count). The minimum atomic E-state index is -5.72. The Balaban J connectivity index is 1.74. The van der Waals surface area contributed by atoms with Crippen molar-refractivity contribution >= 4 is 21.0 Å². The number of halogens is 6. The van der Waals surface area contributed by atoms with Crippen molar-refractivity contribution in [1.82, 2.24) is 0 Å².